The second-order valence-corrected chi connectivity index (χ2v) is 12.4. The number of likely N-dealkylation sites (N-methyl/N-ethyl adjacent to an activating group) is 1. The monoisotopic (exact) mass is 552 g/mol. The van der Waals surface area contributed by atoms with Gasteiger partial charge >= 0.3 is 6.18 Å². The molecule has 2 amide bonds. The van der Waals surface area contributed by atoms with E-state index in [0.717, 1.165) is 38.2 Å². The predicted octanol–water partition coefficient (Wildman–Crippen LogP) is 6.66. The van der Waals surface area contributed by atoms with E-state index in [-0.39, 0.29) is 40.3 Å². The first-order chi connectivity index (χ1) is 16.4. The number of halogens is 4. The van der Waals surface area contributed by atoms with Gasteiger partial charge in [0.05, 0.1) is 11.3 Å². The Morgan fingerprint density at radius 2 is 1.86 bits per heavy atom. The highest BCUT2D eigenvalue weighted by Gasteiger charge is 2.61. The molecular weight excluding hydrogens is 521 g/mol. The van der Waals surface area contributed by atoms with Crippen molar-refractivity contribution in [3.63, 3.8) is 0 Å². The van der Waals surface area contributed by atoms with Crippen molar-refractivity contribution < 1.29 is 22.8 Å². The van der Waals surface area contributed by atoms with Gasteiger partial charge in [-0.05, 0) is 86.0 Å². The average molecular weight is 553 g/mol. The van der Waals surface area contributed by atoms with E-state index in [0.29, 0.717) is 28.6 Å². The molecule has 5 rings (SSSR count). The lowest BCUT2D eigenvalue weighted by molar-refractivity contribution is -0.141. The normalized spacial score (nSPS) is 38.5. The minimum absolute atomic E-state index is 0.0651. The predicted molar refractivity (Wildman–Crippen MR) is 131 cm³/mol. The third kappa shape index (κ3) is 3.85. The van der Waals surface area contributed by atoms with E-state index in [1.165, 1.54) is 12.1 Å². The van der Waals surface area contributed by atoms with Crippen LogP contribution in [0.2, 0.25) is 0 Å². The fourth-order valence-corrected chi connectivity index (χ4v) is 8.61. The highest BCUT2D eigenvalue weighted by molar-refractivity contribution is 9.10. The van der Waals surface area contributed by atoms with Crippen LogP contribution in [0.1, 0.15) is 57.9 Å². The molecule has 0 spiro atoms. The van der Waals surface area contributed by atoms with Crippen LogP contribution < -0.4 is 5.32 Å². The number of hydrogen-bond donors (Lipinski definition) is 1. The van der Waals surface area contributed by atoms with Crippen molar-refractivity contribution in [1.82, 2.24) is 4.90 Å². The summed E-state index contributed by atoms with van der Waals surface area (Å²) in [6.45, 7) is 4.46. The lowest BCUT2D eigenvalue weighted by Crippen LogP contribution is -2.59. The van der Waals surface area contributed by atoms with Crippen molar-refractivity contribution in [2.24, 2.45) is 34.5 Å². The smallest absolute Gasteiger partial charge is 0.338 e. The number of benzene rings is 1. The third-order valence-electron chi connectivity index (χ3n) is 9.99. The zero-order chi connectivity index (χ0) is 25.3. The summed E-state index contributed by atoms with van der Waals surface area (Å²) in [7, 11) is 1.90. The second-order valence-electron chi connectivity index (χ2n) is 11.5. The minimum Gasteiger partial charge on any atom is -0.338 e. The molecule has 3 aliphatic carbocycles. The van der Waals surface area contributed by atoms with Gasteiger partial charge in [0, 0.05) is 28.9 Å². The Kier molecular flexibility index (Phi) is 5.93. The Labute approximate surface area is 212 Å². The quantitative estimate of drug-likeness (QED) is 0.445. The molecule has 4 aliphatic rings. The van der Waals surface area contributed by atoms with Crippen molar-refractivity contribution in [2.75, 3.05) is 12.4 Å². The van der Waals surface area contributed by atoms with Crippen molar-refractivity contribution in [3.05, 3.63) is 40.4 Å². The van der Waals surface area contributed by atoms with Gasteiger partial charge in [-0.2, -0.15) is 13.2 Å². The average Bonchev–Trinajstić information content (AvgIpc) is 3.14. The van der Waals surface area contributed by atoms with E-state index in [4.69, 9.17) is 0 Å². The van der Waals surface area contributed by atoms with Gasteiger partial charge in [-0.25, -0.2) is 0 Å². The molecule has 0 saturated heterocycles. The summed E-state index contributed by atoms with van der Waals surface area (Å²) < 4.78 is 41.1. The highest BCUT2D eigenvalue weighted by Crippen LogP contribution is 2.65. The number of carbonyl (C=O) groups is 2. The molecule has 0 bridgehead atoms. The lowest BCUT2D eigenvalue weighted by atomic mass is 9.47. The molecule has 190 valence electrons. The minimum atomic E-state index is -4.55. The maximum Gasteiger partial charge on any atom is 0.418 e. The molecule has 1 aromatic rings. The SMILES string of the molecule is CN1C(=O)C=C[C@]2(C)[C@H]3CC[C@]4(C)[C@@H](C(=O)Nc5ccc(Br)cc5C(F)(F)F)CC[C@H]4[C@@H]3CC[C@@H]12. The first-order valence-corrected chi connectivity index (χ1v) is 13.3. The van der Waals surface area contributed by atoms with Gasteiger partial charge in [0.2, 0.25) is 11.8 Å². The van der Waals surface area contributed by atoms with Gasteiger partial charge in [0.25, 0.3) is 0 Å². The van der Waals surface area contributed by atoms with Crippen LogP contribution in [0.25, 0.3) is 0 Å². The van der Waals surface area contributed by atoms with Crippen molar-refractivity contribution in [2.45, 2.75) is 64.6 Å². The van der Waals surface area contributed by atoms with E-state index in [2.05, 4.69) is 41.2 Å². The van der Waals surface area contributed by atoms with E-state index in [9.17, 15) is 22.8 Å². The molecule has 35 heavy (non-hydrogen) atoms. The molecule has 3 fully saturated rings. The Morgan fingerprint density at radius 3 is 2.57 bits per heavy atom. The zero-order valence-electron chi connectivity index (χ0n) is 20.3. The number of carbonyl (C=O) groups excluding carboxylic acids is 2. The van der Waals surface area contributed by atoms with Gasteiger partial charge < -0.3 is 10.2 Å². The largest absolute Gasteiger partial charge is 0.418 e. The van der Waals surface area contributed by atoms with Crippen LogP contribution in [0.5, 0.6) is 0 Å². The number of fused-ring (bicyclic) bond motifs is 5. The van der Waals surface area contributed by atoms with E-state index >= 15 is 0 Å². The summed E-state index contributed by atoms with van der Waals surface area (Å²) in [4.78, 5) is 27.6. The molecule has 4 nitrogen and oxygen atoms in total. The molecule has 0 radical (unpaired) electrons. The first kappa shape index (κ1) is 24.8. The summed E-state index contributed by atoms with van der Waals surface area (Å²) in [6.07, 6.45) is 4.72. The molecule has 1 aromatic carbocycles. The van der Waals surface area contributed by atoms with Crippen molar-refractivity contribution in [1.29, 1.82) is 0 Å². The second kappa shape index (κ2) is 8.35. The van der Waals surface area contributed by atoms with Crippen molar-refractivity contribution in [3.8, 4) is 0 Å². The van der Waals surface area contributed by atoms with Crippen LogP contribution >= 0.6 is 15.9 Å². The number of nitrogens with zero attached hydrogens (tertiary/aromatic N) is 1. The molecule has 7 atom stereocenters. The summed E-state index contributed by atoms with van der Waals surface area (Å²) >= 11 is 3.10. The number of alkyl halides is 3. The Morgan fingerprint density at radius 1 is 1.11 bits per heavy atom. The maximum absolute atomic E-state index is 13.6. The fourth-order valence-electron chi connectivity index (χ4n) is 8.25. The van der Waals surface area contributed by atoms with Crippen LogP contribution in [0, 0.1) is 34.5 Å². The number of anilines is 1. The topological polar surface area (TPSA) is 49.4 Å². The number of rotatable bonds is 2. The van der Waals surface area contributed by atoms with Crippen LogP contribution in [0.15, 0.2) is 34.8 Å². The fraction of sp³-hybridized carbons (Fsp3) is 0.630. The summed E-state index contributed by atoms with van der Waals surface area (Å²) in [6, 6.07) is 4.06. The molecule has 1 heterocycles. The van der Waals surface area contributed by atoms with E-state index in [1.807, 2.05) is 11.9 Å². The third-order valence-corrected chi connectivity index (χ3v) is 10.5. The molecule has 1 N–H and O–H groups in total. The number of nitrogens with one attached hydrogen (secondary N) is 1. The van der Waals surface area contributed by atoms with Gasteiger partial charge in [-0.1, -0.05) is 35.9 Å². The van der Waals surface area contributed by atoms with Crippen molar-refractivity contribution >= 4 is 33.4 Å². The van der Waals surface area contributed by atoms with Gasteiger partial charge in [-0.15, -0.1) is 0 Å². The highest BCUT2D eigenvalue weighted by atomic mass is 79.9. The Balaban J connectivity index is 1.38. The maximum atomic E-state index is 13.6. The lowest BCUT2D eigenvalue weighted by Gasteiger charge is -2.60. The zero-order valence-corrected chi connectivity index (χ0v) is 21.9. The van der Waals surface area contributed by atoms with Crippen LogP contribution in [0.4, 0.5) is 18.9 Å². The molecule has 8 heteroatoms. The van der Waals surface area contributed by atoms with Gasteiger partial charge in [0.1, 0.15) is 0 Å². The molecule has 3 saturated carbocycles. The first-order valence-electron chi connectivity index (χ1n) is 12.5. The molecule has 0 aromatic heterocycles. The Hall–Kier alpha value is -1.83. The molecule has 1 aliphatic heterocycles. The van der Waals surface area contributed by atoms with Crippen LogP contribution in [-0.2, 0) is 15.8 Å². The Bertz CT molecular complexity index is 1090. The summed E-state index contributed by atoms with van der Waals surface area (Å²) in [5, 5.41) is 2.64. The summed E-state index contributed by atoms with van der Waals surface area (Å²) in [5.41, 5.74) is -1.33. The number of hydrogen-bond acceptors (Lipinski definition) is 2. The van der Waals surface area contributed by atoms with Crippen LogP contribution in [0.3, 0.4) is 0 Å². The van der Waals surface area contributed by atoms with Gasteiger partial charge in [-0.3, -0.25) is 9.59 Å². The van der Waals surface area contributed by atoms with E-state index < -0.39 is 11.7 Å². The standard InChI is InChI=1S/C27H32BrF3N2O2/c1-25-12-10-18-16(5-9-22-26(18,2)13-11-23(34)33(22)3)17(25)6-7-19(25)24(35)32-21-8-4-15(28)14-20(21)27(29,30)31/h4,8,11,13-14,16-19,22H,5-7,9-10,12H2,1-3H3,(H,32,35)/t16-,17-,18-,19+,22+,25-,26+/m0/s1. The number of amides is 2. The van der Waals surface area contributed by atoms with Gasteiger partial charge in [0.15, 0.2) is 0 Å². The van der Waals surface area contributed by atoms with Crippen LogP contribution in [-0.4, -0.2) is 29.8 Å². The molecule has 0 unspecified atom stereocenters. The molecular formula is C27H32BrF3N2O2. The summed E-state index contributed by atoms with van der Waals surface area (Å²) in [5.74, 6) is 0.709. The van der Waals surface area contributed by atoms with E-state index in [1.54, 1.807) is 6.08 Å².